The van der Waals surface area contributed by atoms with E-state index >= 15 is 0 Å². The molecule has 2 atom stereocenters. The predicted molar refractivity (Wildman–Crippen MR) is 86.7 cm³/mol. The number of hydrogen-bond acceptors (Lipinski definition) is 5. The molecule has 0 radical (unpaired) electrons. The normalized spacial score (nSPS) is 22.1. The summed E-state index contributed by atoms with van der Waals surface area (Å²) >= 11 is 6.23. The summed E-state index contributed by atoms with van der Waals surface area (Å²) in [5, 5.41) is 24.2. The number of aromatic hydroxyl groups is 2. The van der Waals surface area contributed by atoms with E-state index in [1.54, 1.807) is 10.7 Å². The van der Waals surface area contributed by atoms with Gasteiger partial charge in [-0.15, -0.1) is 0 Å². The fraction of sp³-hybridized carbons (Fsp3) is 0.176. The van der Waals surface area contributed by atoms with Crippen LogP contribution in [0.1, 0.15) is 17.2 Å². The van der Waals surface area contributed by atoms with Crippen LogP contribution in [-0.2, 0) is 16.9 Å². The van der Waals surface area contributed by atoms with Gasteiger partial charge in [0.25, 0.3) is 0 Å². The maximum Gasteiger partial charge on any atom is 0.147 e. The number of ether oxygens (including phenoxy) is 1. The lowest BCUT2D eigenvalue weighted by Crippen LogP contribution is -2.19. The van der Waals surface area contributed by atoms with Gasteiger partial charge in [0.05, 0.1) is 11.6 Å². The van der Waals surface area contributed by atoms with E-state index in [1.807, 2.05) is 0 Å². The van der Waals surface area contributed by atoms with Gasteiger partial charge in [-0.1, -0.05) is 17.7 Å². The number of benzene rings is 2. The fourth-order valence-corrected chi connectivity index (χ4v) is 3.32. The van der Waals surface area contributed by atoms with Crippen LogP contribution < -0.4 is 0 Å². The van der Waals surface area contributed by atoms with Crippen molar-refractivity contribution >= 4 is 11.6 Å². The summed E-state index contributed by atoms with van der Waals surface area (Å²) in [6.07, 6.45) is 2.43. The van der Waals surface area contributed by atoms with Gasteiger partial charge in [0.15, 0.2) is 0 Å². The third-order valence-electron chi connectivity index (χ3n) is 4.24. The van der Waals surface area contributed by atoms with Crippen molar-refractivity contribution in [3.63, 3.8) is 0 Å². The second-order valence-corrected chi connectivity index (χ2v) is 6.25. The van der Waals surface area contributed by atoms with Crippen LogP contribution in [0.5, 0.6) is 11.5 Å². The molecule has 1 aromatic heterocycles. The van der Waals surface area contributed by atoms with Crippen molar-refractivity contribution in [3.8, 4) is 11.5 Å². The highest BCUT2D eigenvalue weighted by Crippen LogP contribution is 2.61. The van der Waals surface area contributed by atoms with Gasteiger partial charge in [0.1, 0.15) is 41.7 Å². The first-order valence-corrected chi connectivity index (χ1v) is 7.85. The van der Waals surface area contributed by atoms with Gasteiger partial charge in [-0.2, -0.15) is 5.10 Å². The van der Waals surface area contributed by atoms with Gasteiger partial charge in [0.2, 0.25) is 0 Å². The van der Waals surface area contributed by atoms with Gasteiger partial charge in [-0.05, 0) is 24.3 Å². The SMILES string of the molecule is Oc1ccc(C2OC2(Cn2cncn2)c2ccc(F)cc2O)c(Cl)c1. The molecule has 8 heteroatoms. The Hall–Kier alpha value is -2.64. The first kappa shape index (κ1) is 15.9. The minimum atomic E-state index is -0.966. The van der Waals surface area contributed by atoms with Gasteiger partial charge in [0, 0.05) is 17.2 Å². The van der Waals surface area contributed by atoms with Crippen molar-refractivity contribution in [1.82, 2.24) is 14.8 Å². The molecule has 128 valence electrons. The molecule has 3 aromatic rings. The lowest BCUT2D eigenvalue weighted by Gasteiger charge is -2.16. The van der Waals surface area contributed by atoms with Crippen molar-refractivity contribution in [3.05, 3.63) is 71.0 Å². The third kappa shape index (κ3) is 2.71. The van der Waals surface area contributed by atoms with Crippen LogP contribution in [-0.4, -0.2) is 25.0 Å². The minimum absolute atomic E-state index is 0.0425. The van der Waals surface area contributed by atoms with Gasteiger partial charge < -0.3 is 14.9 Å². The van der Waals surface area contributed by atoms with Gasteiger partial charge in [-0.3, -0.25) is 0 Å². The molecule has 25 heavy (non-hydrogen) atoms. The summed E-state index contributed by atoms with van der Waals surface area (Å²) < 4.78 is 20.9. The van der Waals surface area contributed by atoms with Crippen molar-refractivity contribution < 1.29 is 19.3 Å². The molecule has 1 saturated heterocycles. The lowest BCUT2D eigenvalue weighted by molar-refractivity contribution is 0.256. The minimum Gasteiger partial charge on any atom is -0.508 e. The average molecular weight is 362 g/mol. The highest BCUT2D eigenvalue weighted by atomic mass is 35.5. The van der Waals surface area contributed by atoms with Crippen LogP contribution in [0.25, 0.3) is 0 Å². The summed E-state index contributed by atoms with van der Waals surface area (Å²) in [6.45, 7) is 0.258. The number of epoxide rings is 1. The van der Waals surface area contributed by atoms with Crippen LogP contribution in [0.4, 0.5) is 4.39 Å². The van der Waals surface area contributed by atoms with E-state index in [4.69, 9.17) is 16.3 Å². The second kappa shape index (κ2) is 5.72. The van der Waals surface area contributed by atoms with Crippen LogP contribution in [0.3, 0.4) is 0 Å². The van der Waals surface area contributed by atoms with Crippen molar-refractivity contribution in [2.24, 2.45) is 0 Å². The van der Waals surface area contributed by atoms with Crippen molar-refractivity contribution in [2.75, 3.05) is 0 Å². The summed E-state index contributed by atoms with van der Waals surface area (Å²) in [4.78, 5) is 3.91. The summed E-state index contributed by atoms with van der Waals surface area (Å²) in [6, 6.07) is 8.36. The quantitative estimate of drug-likeness (QED) is 0.697. The Kier molecular flexibility index (Phi) is 3.63. The van der Waals surface area contributed by atoms with Crippen molar-refractivity contribution in [2.45, 2.75) is 18.2 Å². The third-order valence-corrected chi connectivity index (χ3v) is 4.57. The molecule has 6 nitrogen and oxygen atoms in total. The van der Waals surface area contributed by atoms with E-state index in [2.05, 4.69) is 10.1 Å². The number of phenolic OH excluding ortho intramolecular Hbond substituents is 2. The Labute approximate surface area is 147 Å². The van der Waals surface area contributed by atoms with E-state index in [1.165, 1.54) is 36.9 Å². The largest absolute Gasteiger partial charge is 0.508 e. The number of hydrogen-bond donors (Lipinski definition) is 2. The Morgan fingerprint density at radius 1 is 1.24 bits per heavy atom. The molecule has 2 N–H and O–H groups in total. The number of rotatable bonds is 4. The zero-order valence-electron chi connectivity index (χ0n) is 12.8. The lowest BCUT2D eigenvalue weighted by atomic mass is 9.90. The molecule has 1 aliphatic rings. The molecule has 0 saturated carbocycles. The highest BCUT2D eigenvalue weighted by molar-refractivity contribution is 6.31. The zero-order valence-corrected chi connectivity index (χ0v) is 13.6. The molecule has 2 unspecified atom stereocenters. The van der Waals surface area contributed by atoms with E-state index in [0.29, 0.717) is 16.1 Å². The molecule has 2 heterocycles. The number of halogens is 2. The maximum atomic E-state index is 13.4. The Morgan fingerprint density at radius 3 is 2.76 bits per heavy atom. The Morgan fingerprint density at radius 2 is 2.08 bits per heavy atom. The van der Waals surface area contributed by atoms with Crippen LogP contribution in [0.2, 0.25) is 5.02 Å². The second-order valence-electron chi connectivity index (χ2n) is 5.85. The zero-order chi connectivity index (χ0) is 17.6. The summed E-state index contributed by atoms with van der Waals surface area (Å²) in [7, 11) is 0. The molecule has 0 bridgehead atoms. The molecule has 1 aliphatic heterocycles. The standard InChI is InChI=1S/C17H13ClFN3O3/c18-14-6-11(23)2-3-12(14)16-17(25-16,7-22-9-20-8-21-22)13-4-1-10(19)5-15(13)24/h1-6,8-9,16,23-24H,7H2. The van der Waals surface area contributed by atoms with Crippen LogP contribution in [0.15, 0.2) is 49.1 Å². The Bertz CT molecular complexity index is 935. The molecular formula is C17H13ClFN3O3. The van der Waals surface area contributed by atoms with Gasteiger partial charge >= 0.3 is 0 Å². The van der Waals surface area contributed by atoms with Gasteiger partial charge in [-0.25, -0.2) is 14.1 Å². The monoisotopic (exact) mass is 361 g/mol. The van der Waals surface area contributed by atoms with Crippen LogP contribution >= 0.6 is 11.6 Å². The fourth-order valence-electron chi connectivity index (χ4n) is 3.05. The molecular weight excluding hydrogens is 349 g/mol. The molecule has 0 aliphatic carbocycles. The van der Waals surface area contributed by atoms with E-state index in [-0.39, 0.29) is 18.0 Å². The van der Waals surface area contributed by atoms with E-state index < -0.39 is 17.5 Å². The summed E-state index contributed by atoms with van der Waals surface area (Å²) in [5.74, 6) is -0.713. The number of phenols is 2. The molecule has 0 amide bonds. The molecule has 2 aromatic carbocycles. The number of aromatic nitrogens is 3. The predicted octanol–water partition coefficient (Wildman–Crippen LogP) is 3.15. The molecule has 0 spiro atoms. The van der Waals surface area contributed by atoms with Crippen LogP contribution in [0, 0.1) is 5.82 Å². The highest BCUT2D eigenvalue weighted by Gasteiger charge is 2.60. The average Bonchev–Trinajstić information content (AvgIpc) is 3.00. The molecule has 4 rings (SSSR count). The van der Waals surface area contributed by atoms with Crippen molar-refractivity contribution in [1.29, 1.82) is 0 Å². The Balaban J connectivity index is 1.78. The first-order chi connectivity index (χ1) is 12.0. The summed E-state index contributed by atoms with van der Waals surface area (Å²) in [5.41, 5.74) is 0.119. The van der Waals surface area contributed by atoms with E-state index in [0.717, 1.165) is 6.07 Å². The smallest absolute Gasteiger partial charge is 0.147 e. The first-order valence-electron chi connectivity index (χ1n) is 7.47. The number of nitrogens with zero attached hydrogens (tertiary/aromatic N) is 3. The van der Waals surface area contributed by atoms with E-state index in [9.17, 15) is 14.6 Å². The maximum absolute atomic E-state index is 13.4. The topological polar surface area (TPSA) is 83.7 Å². The molecule has 1 fully saturated rings.